The van der Waals surface area contributed by atoms with Crippen LogP contribution in [0.3, 0.4) is 0 Å². The van der Waals surface area contributed by atoms with Gasteiger partial charge in [-0.1, -0.05) is 0 Å². The Labute approximate surface area is 117 Å². The molecule has 1 unspecified atom stereocenters. The Balaban J connectivity index is 2.06. The van der Waals surface area contributed by atoms with Crippen LogP contribution >= 0.6 is 11.3 Å². The van der Waals surface area contributed by atoms with E-state index in [9.17, 15) is 8.42 Å². The maximum Gasteiger partial charge on any atom is 0.240 e. The van der Waals surface area contributed by atoms with E-state index in [1.165, 1.54) is 12.1 Å². The van der Waals surface area contributed by atoms with Gasteiger partial charge in [-0.25, -0.2) is 13.1 Å². The van der Waals surface area contributed by atoms with Gasteiger partial charge in [0.25, 0.3) is 0 Å². The highest BCUT2D eigenvalue weighted by atomic mass is 32.2. The molecular formula is C13H16N2O2S2. The predicted molar refractivity (Wildman–Crippen MR) is 78.7 cm³/mol. The third-order valence-corrected chi connectivity index (χ3v) is 5.01. The number of nitrogens with two attached hydrogens (primary N) is 1. The third-order valence-electron chi connectivity index (χ3n) is 2.67. The fraction of sp³-hybridized carbons (Fsp3) is 0.231. The van der Waals surface area contributed by atoms with Gasteiger partial charge in [-0.15, -0.1) is 0 Å². The summed E-state index contributed by atoms with van der Waals surface area (Å²) in [6.45, 7) is 1.85. The van der Waals surface area contributed by atoms with Crippen molar-refractivity contribution in [2.45, 2.75) is 24.3 Å². The first-order chi connectivity index (χ1) is 8.97. The summed E-state index contributed by atoms with van der Waals surface area (Å²) in [6.07, 6.45) is 0.678. The number of nitrogens with one attached hydrogen (secondary N) is 1. The molecule has 0 fully saturated rings. The summed E-state index contributed by atoms with van der Waals surface area (Å²) in [5, 5.41) is 4.00. The van der Waals surface area contributed by atoms with Gasteiger partial charge in [-0.3, -0.25) is 0 Å². The second-order valence-corrected chi connectivity index (χ2v) is 6.92. The summed E-state index contributed by atoms with van der Waals surface area (Å²) >= 11 is 1.61. The lowest BCUT2D eigenvalue weighted by molar-refractivity contribution is 0.560. The molecule has 4 nitrogen and oxygen atoms in total. The van der Waals surface area contributed by atoms with Crippen LogP contribution in [0.15, 0.2) is 46.0 Å². The van der Waals surface area contributed by atoms with Gasteiger partial charge in [-0.2, -0.15) is 11.3 Å². The van der Waals surface area contributed by atoms with E-state index in [2.05, 4.69) is 4.72 Å². The normalized spacial score (nSPS) is 13.3. The minimum atomic E-state index is -3.48. The van der Waals surface area contributed by atoms with E-state index in [0.29, 0.717) is 12.1 Å². The molecule has 1 aromatic carbocycles. The van der Waals surface area contributed by atoms with Gasteiger partial charge in [0.2, 0.25) is 10.0 Å². The molecule has 0 aliphatic heterocycles. The van der Waals surface area contributed by atoms with Gasteiger partial charge >= 0.3 is 0 Å². The Morgan fingerprint density at radius 2 is 1.95 bits per heavy atom. The first-order valence-electron chi connectivity index (χ1n) is 5.86. The van der Waals surface area contributed by atoms with Gasteiger partial charge in [0, 0.05) is 11.7 Å². The van der Waals surface area contributed by atoms with E-state index in [1.807, 2.05) is 23.8 Å². The molecule has 0 spiro atoms. The first-order valence-corrected chi connectivity index (χ1v) is 8.29. The van der Waals surface area contributed by atoms with Gasteiger partial charge in [-0.05, 0) is 60.0 Å². The van der Waals surface area contributed by atoms with Crippen molar-refractivity contribution in [2.75, 3.05) is 5.73 Å². The minimum Gasteiger partial charge on any atom is -0.399 e. The van der Waals surface area contributed by atoms with Gasteiger partial charge in [0.15, 0.2) is 0 Å². The van der Waals surface area contributed by atoms with Crippen LogP contribution in [0.25, 0.3) is 0 Å². The van der Waals surface area contributed by atoms with Crippen LogP contribution in [0.5, 0.6) is 0 Å². The quantitative estimate of drug-likeness (QED) is 0.831. The van der Waals surface area contributed by atoms with Gasteiger partial charge in [0.1, 0.15) is 0 Å². The van der Waals surface area contributed by atoms with Gasteiger partial charge < -0.3 is 5.73 Å². The summed E-state index contributed by atoms with van der Waals surface area (Å²) in [6, 6.07) is 8.02. The topological polar surface area (TPSA) is 72.2 Å². The number of benzene rings is 1. The largest absolute Gasteiger partial charge is 0.399 e. The average molecular weight is 296 g/mol. The summed E-state index contributed by atoms with van der Waals surface area (Å²) < 4.78 is 26.9. The summed E-state index contributed by atoms with van der Waals surface area (Å²) in [4.78, 5) is 0.235. The second-order valence-electron chi connectivity index (χ2n) is 4.43. The number of nitrogen functional groups attached to an aromatic ring is 1. The molecule has 2 aromatic rings. The fourth-order valence-electron chi connectivity index (χ4n) is 1.78. The molecular weight excluding hydrogens is 280 g/mol. The smallest absolute Gasteiger partial charge is 0.240 e. The summed E-state index contributed by atoms with van der Waals surface area (Å²) in [5.74, 6) is 0. The fourth-order valence-corrected chi connectivity index (χ4v) is 3.71. The molecule has 0 aliphatic carbocycles. The molecule has 0 bridgehead atoms. The van der Waals surface area contributed by atoms with Crippen LogP contribution < -0.4 is 10.5 Å². The van der Waals surface area contributed by atoms with Crippen molar-refractivity contribution < 1.29 is 8.42 Å². The average Bonchev–Trinajstić information content (AvgIpc) is 2.81. The Morgan fingerprint density at radius 3 is 2.53 bits per heavy atom. The number of anilines is 1. The molecule has 6 heteroatoms. The van der Waals surface area contributed by atoms with E-state index in [1.54, 1.807) is 23.5 Å². The highest BCUT2D eigenvalue weighted by Crippen LogP contribution is 2.14. The standard InChI is InChI=1S/C13H16N2O2S2/c1-10(8-11-6-7-18-9-11)15-19(16,17)13-4-2-12(14)3-5-13/h2-7,9-10,15H,8,14H2,1H3. The van der Waals surface area contributed by atoms with Crippen LogP contribution in [0, 0.1) is 0 Å². The van der Waals surface area contributed by atoms with Crippen LogP contribution in [0.4, 0.5) is 5.69 Å². The van der Waals surface area contributed by atoms with Gasteiger partial charge in [0.05, 0.1) is 4.90 Å². The molecule has 1 aromatic heterocycles. The zero-order valence-electron chi connectivity index (χ0n) is 10.5. The second kappa shape index (κ2) is 5.73. The Kier molecular flexibility index (Phi) is 4.24. The molecule has 0 radical (unpaired) electrons. The molecule has 0 amide bonds. The first kappa shape index (κ1) is 14.0. The van der Waals surface area contributed by atoms with Crippen molar-refractivity contribution >= 4 is 27.0 Å². The van der Waals surface area contributed by atoms with Crippen molar-refractivity contribution in [1.29, 1.82) is 0 Å². The lowest BCUT2D eigenvalue weighted by Crippen LogP contribution is -2.34. The molecule has 3 N–H and O–H groups in total. The Hall–Kier alpha value is -1.37. The Bertz CT molecular complexity index is 619. The summed E-state index contributed by atoms with van der Waals surface area (Å²) in [5.41, 5.74) is 7.23. The number of rotatable bonds is 5. The molecule has 0 saturated carbocycles. The predicted octanol–water partition coefficient (Wildman–Crippen LogP) is 2.24. The summed E-state index contributed by atoms with van der Waals surface area (Å²) in [7, 11) is -3.48. The molecule has 0 aliphatic rings. The number of hydrogen-bond acceptors (Lipinski definition) is 4. The monoisotopic (exact) mass is 296 g/mol. The van der Waals surface area contributed by atoms with Crippen molar-refractivity contribution in [2.24, 2.45) is 0 Å². The van der Waals surface area contributed by atoms with Crippen molar-refractivity contribution in [3.05, 3.63) is 46.7 Å². The number of thiophene rings is 1. The molecule has 1 heterocycles. The Morgan fingerprint density at radius 1 is 1.26 bits per heavy atom. The van der Waals surface area contributed by atoms with E-state index < -0.39 is 10.0 Å². The highest BCUT2D eigenvalue weighted by Gasteiger charge is 2.17. The SMILES string of the molecule is CC(Cc1ccsc1)NS(=O)(=O)c1ccc(N)cc1. The molecule has 2 rings (SSSR count). The molecule has 102 valence electrons. The highest BCUT2D eigenvalue weighted by molar-refractivity contribution is 7.89. The van der Waals surface area contributed by atoms with E-state index in [-0.39, 0.29) is 10.9 Å². The van der Waals surface area contributed by atoms with Crippen LogP contribution in [0.1, 0.15) is 12.5 Å². The lowest BCUT2D eigenvalue weighted by atomic mass is 10.1. The van der Waals surface area contributed by atoms with E-state index in [0.717, 1.165) is 5.56 Å². The maximum absolute atomic E-state index is 12.1. The maximum atomic E-state index is 12.1. The van der Waals surface area contributed by atoms with Crippen molar-refractivity contribution in [3.63, 3.8) is 0 Å². The zero-order chi connectivity index (χ0) is 13.9. The molecule has 0 saturated heterocycles. The van der Waals surface area contributed by atoms with Crippen LogP contribution in [0.2, 0.25) is 0 Å². The lowest BCUT2D eigenvalue weighted by Gasteiger charge is -2.13. The number of hydrogen-bond donors (Lipinski definition) is 2. The number of sulfonamides is 1. The van der Waals surface area contributed by atoms with E-state index >= 15 is 0 Å². The molecule has 19 heavy (non-hydrogen) atoms. The van der Waals surface area contributed by atoms with E-state index in [4.69, 9.17) is 5.73 Å². The van der Waals surface area contributed by atoms with Crippen LogP contribution in [-0.4, -0.2) is 14.5 Å². The molecule has 1 atom stereocenters. The third kappa shape index (κ3) is 3.79. The van der Waals surface area contributed by atoms with Crippen molar-refractivity contribution in [3.8, 4) is 0 Å². The zero-order valence-corrected chi connectivity index (χ0v) is 12.2. The van der Waals surface area contributed by atoms with Crippen LogP contribution in [-0.2, 0) is 16.4 Å². The van der Waals surface area contributed by atoms with Crippen molar-refractivity contribution in [1.82, 2.24) is 4.72 Å². The minimum absolute atomic E-state index is 0.155.